The Morgan fingerprint density at radius 3 is 2.57 bits per heavy atom. The van der Waals surface area contributed by atoms with Crippen LogP contribution in [0.3, 0.4) is 0 Å². The lowest BCUT2D eigenvalue weighted by molar-refractivity contribution is 0.355. The molecular weight excluding hydrogens is 438 g/mol. The maximum absolute atomic E-state index is 5.32. The van der Waals surface area contributed by atoms with E-state index in [1.807, 2.05) is 66.9 Å². The van der Waals surface area contributed by atoms with Gasteiger partial charge in [0.15, 0.2) is 11.5 Å². The number of hydrogen-bond donors (Lipinski definition) is 1. The summed E-state index contributed by atoms with van der Waals surface area (Å²) in [6.07, 6.45) is 3.90. The summed E-state index contributed by atoms with van der Waals surface area (Å²) in [5.41, 5.74) is 6.84. The van der Waals surface area contributed by atoms with Crippen molar-refractivity contribution in [1.82, 2.24) is 4.98 Å². The normalized spacial score (nSPS) is 11.6. The number of allylic oxidation sites excluding steroid dienone is 1. The molecule has 1 heterocycles. The van der Waals surface area contributed by atoms with Gasteiger partial charge in [-0.25, -0.2) is 4.98 Å². The van der Waals surface area contributed by atoms with Crippen molar-refractivity contribution < 1.29 is 9.47 Å². The van der Waals surface area contributed by atoms with Gasteiger partial charge in [-0.05, 0) is 42.8 Å². The van der Waals surface area contributed by atoms with E-state index in [0.29, 0.717) is 11.5 Å². The van der Waals surface area contributed by atoms with E-state index in [1.54, 1.807) is 14.2 Å². The smallest absolute Gasteiger partial charge is 0.203 e. The van der Waals surface area contributed by atoms with Gasteiger partial charge in [-0.15, -0.1) is 11.3 Å². The van der Waals surface area contributed by atoms with Crippen LogP contribution in [0.2, 0.25) is 0 Å². The minimum absolute atomic E-state index is 0.695. The highest BCUT2D eigenvalue weighted by Gasteiger charge is 2.04. The molecule has 0 spiro atoms. The van der Waals surface area contributed by atoms with Gasteiger partial charge in [0.25, 0.3) is 0 Å². The fourth-order valence-corrected chi connectivity index (χ4v) is 3.35. The molecule has 1 aromatic heterocycles. The maximum atomic E-state index is 5.32. The lowest BCUT2D eigenvalue weighted by Crippen LogP contribution is -1.94. The molecule has 144 valence electrons. The minimum atomic E-state index is 0.695. The number of thiazole rings is 1. The molecule has 5 nitrogen and oxygen atoms in total. The Hall–Kier alpha value is -2.64. The topological polar surface area (TPSA) is 55.7 Å². The van der Waals surface area contributed by atoms with Crippen LogP contribution in [0.25, 0.3) is 17.3 Å². The molecule has 2 aromatic carbocycles. The molecule has 0 radical (unpaired) electrons. The van der Waals surface area contributed by atoms with Crippen molar-refractivity contribution in [2.45, 2.75) is 6.92 Å². The van der Waals surface area contributed by atoms with E-state index < -0.39 is 0 Å². The lowest BCUT2D eigenvalue weighted by atomic mass is 10.1. The number of methoxy groups -OCH3 is 2. The van der Waals surface area contributed by atoms with Gasteiger partial charge < -0.3 is 9.47 Å². The molecule has 0 aliphatic carbocycles. The molecule has 3 aromatic rings. The average Bonchev–Trinajstić information content (AvgIpc) is 3.20. The summed E-state index contributed by atoms with van der Waals surface area (Å²) < 4.78 is 11.6. The number of nitrogens with one attached hydrogen (secondary N) is 1. The number of hydrogen-bond acceptors (Lipinski definition) is 6. The summed E-state index contributed by atoms with van der Waals surface area (Å²) in [6.45, 7) is 1.92. The molecule has 0 atom stereocenters. The summed E-state index contributed by atoms with van der Waals surface area (Å²) in [7, 11) is 3.25. The van der Waals surface area contributed by atoms with Gasteiger partial charge in [0.1, 0.15) is 0 Å². The quantitative estimate of drug-likeness (QED) is 0.344. The zero-order valence-electron chi connectivity index (χ0n) is 15.8. The van der Waals surface area contributed by atoms with Crippen molar-refractivity contribution in [3.63, 3.8) is 0 Å². The second-order valence-electron chi connectivity index (χ2n) is 5.86. The molecule has 0 fully saturated rings. The monoisotopic (exact) mass is 457 g/mol. The predicted molar refractivity (Wildman–Crippen MR) is 121 cm³/mol. The minimum Gasteiger partial charge on any atom is -0.493 e. The number of anilines is 1. The Morgan fingerprint density at radius 1 is 1.11 bits per heavy atom. The molecule has 0 aliphatic heterocycles. The fraction of sp³-hybridized carbons (Fsp3) is 0.143. The van der Waals surface area contributed by atoms with Gasteiger partial charge in [-0.2, -0.15) is 5.10 Å². The second kappa shape index (κ2) is 9.52. The summed E-state index contributed by atoms with van der Waals surface area (Å²) in [6, 6.07) is 13.8. The molecule has 3 rings (SSSR count). The van der Waals surface area contributed by atoms with E-state index >= 15 is 0 Å². The fourth-order valence-electron chi connectivity index (χ4n) is 2.42. The first kappa shape index (κ1) is 20.1. The third kappa shape index (κ3) is 5.21. The Bertz CT molecular complexity index is 997. The molecule has 7 heteroatoms. The Morgan fingerprint density at radius 2 is 1.86 bits per heavy atom. The Kier molecular flexibility index (Phi) is 6.84. The summed E-state index contributed by atoms with van der Waals surface area (Å²) in [4.78, 5) is 4.57. The van der Waals surface area contributed by atoms with Gasteiger partial charge >= 0.3 is 0 Å². The van der Waals surface area contributed by atoms with Crippen LogP contribution in [0, 0.1) is 0 Å². The van der Waals surface area contributed by atoms with E-state index in [1.165, 1.54) is 11.3 Å². The van der Waals surface area contributed by atoms with Gasteiger partial charge in [0.05, 0.1) is 25.6 Å². The lowest BCUT2D eigenvalue weighted by Gasteiger charge is -2.07. The largest absolute Gasteiger partial charge is 0.493 e. The van der Waals surface area contributed by atoms with Crippen LogP contribution in [0.1, 0.15) is 12.5 Å². The third-order valence-corrected chi connectivity index (χ3v) is 5.17. The number of ether oxygens (including phenoxy) is 2. The third-order valence-electron chi connectivity index (χ3n) is 3.90. The zero-order valence-corrected chi connectivity index (χ0v) is 18.2. The highest BCUT2D eigenvalue weighted by atomic mass is 79.9. The van der Waals surface area contributed by atoms with Crippen molar-refractivity contribution in [1.29, 1.82) is 0 Å². The van der Waals surface area contributed by atoms with E-state index in [0.717, 1.165) is 32.1 Å². The van der Waals surface area contributed by atoms with Crippen LogP contribution in [-0.4, -0.2) is 24.9 Å². The van der Waals surface area contributed by atoms with Crippen molar-refractivity contribution in [3.05, 3.63) is 64.0 Å². The number of halogens is 1. The van der Waals surface area contributed by atoms with Crippen molar-refractivity contribution in [2.24, 2.45) is 5.10 Å². The molecule has 28 heavy (non-hydrogen) atoms. The molecule has 0 saturated carbocycles. The van der Waals surface area contributed by atoms with E-state index in [9.17, 15) is 0 Å². The van der Waals surface area contributed by atoms with Crippen LogP contribution >= 0.6 is 27.3 Å². The number of aromatic nitrogens is 1. The molecule has 0 unspecified atom stereocenters. The predicted octanol–water partition coefficient (Wildman–Crippen LogP) is 6.09. The molecule has 0 aliphatic rings. The van der Waals surface area contributed by atoms with Crippen LogP contribution in [0.15, 0.2) is 63.5 Å². The SMILES string of the molecule is COc1ccc(/C=C/C(C)=N/Nc2nc(-c3ccc(Br)cc3)cs2)cc1OC. The molecular formula is C21H20BrN3O2S. The Labute approximate surface area is 176 Å². The summed E-state index contributed by atoms with van der Waals surface area (Å²) >= 11 is 4.96. The molecule has 0 amide bonds. The van der Waals surface area contributed by atoms with E-state index in [-0.39, 0.29) is 0 Å². The first-order valence-corrected chi connectivity index (χ1v) is 10.2. The highest BCUT2D eigenvalue weighted by molar-refractivity contribution is 9.10. The molecule has 0 saturated heterocycles. The van der Waals surface area contributed by atoms with Crippen molar-refractivity contribution >= 4 is 44.2 Å². The molecule has 0 bridgehead atoms. The number of rotatable bonds is 7. The van der Waals surface area contributed by atoms with Gasteiger partial charge in [-0.1, -0.05) is 40.2 Å². The summed E-state index contributed by atoms with van der Waals surface area (Å²) in [5.74, 6) is 1.40. The van der Waals surface area contributed by atoms with E-state index in [2.05, 4.69) is 31.4 Å². The summed E-state index contributed by atoms with van der Waals surface area (Å²) in [5, 5.41) is 7.13. The van der Waals surface area contributed by atoms with Crippen LogP contribution in [0.4, 0.5) is 5.13 Å². The Balaban J connectivity index is 1.64. The maximum Gasteiger partial charge on any atom is 0.203 e. The van der Waals surface area contributed by atoms with Crippen LogP contribution in [0.5, 0.6) is 11.5 Å². The number of benzene rings is 2. The highest BCUT2D eigenvalue weighted by Crippen LogP contribution is 2.28. The van der Waals surface area contributed by atoms with Crippen LogP contribution in [-0.2, 0) is 0 Å². The van der Waals surface area contributed by atoms with Gasteiger partial charge in [0.2, 0.25) is 5.13 Å². The number of nitrogens with zero attached hydrogens (tertiary/aromatic N) is 2. The van der Waals surface area contributed by atoms with Crippen LogP contribution < -0.4 is 14.9 Å². The van der Waals surface area contributed by atoms with Gasteiger partial charge in [-0.3, -0.25) is 5.43 Å². The standard InChI is InChI=1S/C21H20BrN3O2S/c1-14(4-5-15-6-11-19(26-2)20(12-15)27-3)24-25-21-23-18(13-28-21)16-7-9-17(22)10-8-16/h4-13H,1-3H3,(H,23,25)/b5-4+,24-14+. The van der Waals surface area contributed by atoms with Crippen molar-refractivity contribution in [3.8, 4) is 22.8 Å². The van der Waals surface area contributed by atoms with Crippen molar-refractivity contribution in [2.75, 3.05) is 19.6 Å². The van der Waals surface area contributed by atoms with Gasteiger partial charge in [0, 0.05) is 15.4 Å². The second-order valence-corrected chi connectivity index (χ2v) is 7.63. The molecule has 1 N–H and O–H groups in total. The first-order valence-electron chi connectivity index (χ1n) is 8.51. The average molecular weight is 458 g/mol. The first-order chi connectivity index (χ1) is 13.6. The van der Waals surface area contributed by atoms with E-state index in [4.69, 9.17) is 9.47 Å². The number of hydrazone groups is 1. The zero-order chi connectivity index (χ0) is 19.9.